The van der Waals surface area contributed by atoms with Crippen molar-refractivity contribution in [2.24, 2.45) is 7.05 Å². The van der Waals surface area contributed by atoms with E-state index in [-0.39, 0.29) is 18.6 Å². The second-order valence-electron chi connectivity index (χ2n) is 8.22. The minimum atomic E-state index is -0.632. The highest BCUT2D eigenvalue weighted by atomic mass is 19.1. The van der Waals surface area contributed by atoms with E-state index in [1.54, 1.807) is 15.8 Å². The Morgan fingerprint density at radius 2 is 1.94 bits per heavy atom. The molecule has 1 fully saturated rings. The fraction of sp³-hybridized carbons (Fsp3) is 0.391. The van der Waals surface area contributed by atoms with E-state index in [0.717, 1.165) is 48.5 Å². The van der Waals surface area contributed by atoms with Crippen LogP contribution in [0.5, 0.6) is 0 Å². The summed E-state index contributed by atoms with van der Waals surface area (Å²) in [4.78, 5) is 17.0. The van der Waals surface area contributed by atoms with Gasteiger partial charge in [-0.3, -0.25) is 4.68 Å². The Labute approximate surface area is 180 Å². The van der Waals surface area contributed by atoms with Gasteiger partial charge in [0.15, 0.2) is 0 Å². The Balaban J connectivity index is 1.49. The van der Waals surface area contributed by atoms with E-state index in [2.05, 4.69) is 22.4 Å². The van der Waals surface area contributed by atoms with Crippen molar-refractivity contribution >= 4 is 16.9 Å². The lowest BCUT2D eigenvalue weighted by Crippen LogP contribution is -2.49. The highest BCUT2D eigenvalue weighted by molar-refractivity contribution is 5.79. The zero-order chi connectivity index (χ0) is 22.0. The molecule has 0 spiro atoms. The molecule has 6 nitrogen and oxygen atoms in total. The molecule has 1 aromatic heterocycles. The molecular formula is C23H27F2N5O. The van der Waals surface area contributed by atoms with Gasteiger partial charge in [0.1, 0.15) is 11.6 Å². The summed E-state index contributed by atoms with van der Waals surface area (Å²) in [6.07, 6.45) is 3.42. The lowest BCUT2D eigenvalue weighted by atomic mass is 10.0. The predicted molar refractivity (Wildman–Crippen MR) is 115 cm³/mol. The molecule has 1 aliphatic heterocycles. The fourth-order valence-corrected chi connectivity index (χ4v) is 4.11. The molecule has 1 aliphatic rings. The summed E-state index contributed by atoms with van der Waals surface area (Å²) in [6, 6.07) is 9.20. The fourth-order valence-electron chi connectivity index (χ4n) is 4.11. The minimum absolute atomic E-state index is 0.00135. The van der Waals surface area contributed by atoms with Gasteiger partial charge in [-0.05, 0) is 56.7 Å². The SMILES string of the molecule is CN1CCC(N(Cc2ccc(F)cc2F)C(=O)NCc2ccc3c(cnn3C)c2)CC1. The molecule has 0 aliphatic carbocycles. The molecule has 4 rings (SSSR count). The number of fused-ring (bicyclic) bond motifs is 1. The van der Waals surface area contributed by atoms with Crippen LogP contribution in [0.1, 0.15) is 24.0 Å². The van der Waals surface area contributed by atoms with E-state index in [4.69, 9.17) is 0 Å². The van der Waals surface area contributed by atoms with Gasteiger partial charge in [-0.1, -0.05) is 12.1 Å². The van der Waals surface area contributed by atoms with Gasteiger partial charge < -0.3 is 15.1 Å². The zero-order valence-electron chi connectivity index (χ0n) is 17.8. The van der Waals surface area contributed by atoms with E-state index in [1.165, 1.54) is 12.1 Å². The van der Waals surface area contributed by atoms with Crippen molar-refractivity contribution in [3.05, 3.63) is 65.4 Å². The van der Waals surface area contributed by atoms with E-state index in [9.17, 15) is 13.6 Å². The number of aryl methyl sites for hydroxylation is 1. The van der Waals surface area contributed by atoms with Crippen molar-refractivity contribution in [3.8, 4) is 0 Å². The van der Waals surface area contributed by atoms with Gasteiger partial charge in [-0.2, -0.15) is 5.10 Å². The topological polar surface area (TPSA) is 53.4 Å². The number of likely N-dealkylation sites (tertiary alicyclic amines) is 1. The van der Waals surface area contributed by atoms with Crippen LogP contribution in [0.25, 0.3) is 10.9 Å². The lowest BCUT2D eigenvalue weighted by Gasteiger charge is -2.37. The van der Waals surface area contributed by atoms with Gasteiger partial charge in [0.05, 0.1) is 18.3 Å². The van der Waals surface area contributed by atoms with Crippen molar-refractivity contribution in [2.45, 2.75) is 32.0 Å². The number of piperidine rings is 1. The van der Waals surface area contributed by atoms with Crippen LogP contribution >= 0.6 is 0 Å². The first kappa shape index (κ1) is 21.2. The summed E-state index contributed by atoms with van der Waals surface area (Å²) in [5, 5.41) is 8.23. The number of carbonyl (C=O) groups is 1. The molecule has 3 aromatic rings. The standard InChI is InChI=1S/C23H27F2N5O/c1-28-9-7-20(8-10-28)30(15-17-4-5-19(24)12-21(17)25)23(31)26-13-16-3-6-22-18(11-16)14-27-29(22)2/h3-6,11-12,14,20H,7-10,13,15H2,1-2H3,(H,26,31). The second kappa shape index (κ2) is 9.01. The number of hydrogen-bond donors (Lipinski definition) is 1. The summed E-state index contributed by atoms with van der Waals surface area (Å²) < 4.78 is 29.4. The third-order valence-corrected chi connectivity index (χ3v) is 6.00. The number of nitrogens with zero attached hydrogens (tertiary/aromatic N) is 4. The number of aromatic nitrogens is 2. The summed E-state index contributed by atoms with van der Waals surface area (Å²) in [5.41, 5.74) is 2.30. The Morgan fingerprint density at radius 1 is 1.16 bits per heavy atom. The van der Waals surface area contributed by atoms with Gasteiger partial charge in [0, 0.05) is 36.7 Å². The minimum Gasteiger partial charge on any atom is -0.334 e. The Hall–Kier alpha value is -3.00. The van der Waals surface area contributed by atoms with E-state index in [1.807, 2.05) is 25.2 Å². The Morgan fingerprint density at radius 3 is 2.68 bits per heavy atom. The van der Waals surface area contributed by atoms with Crippen molar-refractivity contribution in [3.63, 3.8) is 0 Å². The maximum absolute atomic E-state index is 14.3. The highest BCUT2D eigenvalue weighted by Crippen LogP contribution is 2.21. The number of nitrogens with one attached hydrogen (secondary N) is 1. The van der Waals surface area contributed by atoms with Crippen molar-refractivity contribution in [1.29, 1.82) is 0 Å². The Kier molecular flexibility index (Phi) is 6.18. The van der Waals surface area contributed by atoms with Crippen LogP contribution in [-0.2, 0) is 20.1 Å². The average Bonchev–Trinajstić information content (AvgIpc) is 3.12. The van der Waals surface area contributed by atoms with Crippen LogP contribution in [0.3, 0.4) is 0 Å². The second-order valence-corrected chi connectivity index (χ2v) is 8.22. The Bertz CT molecular complexity index is 1080. The summed E-state index contributed by atoms with van der Waals surface area (Å²) >= 11 is 0. The molecule has 2 amide bonds. The number of benzene rings is 2. The van der Waals surface area contributed by atoms with Crippen LogP contribution in [0, 0.1) is 11.6 Å². The number of halogens is 2. The summed E-state index contributed by atoms with van der Waals surface area (Å²) in [6.45, 7) is 2.21. The smallest absolute Gasteiger partial charge is 0.318 e. The maximum Gasteiger partial charge on any atom is 0.318 e. The van der Waals surface area contributed by atoms with Gasteiger partial charge >= 0.3 is 6.03 Å². The molecule has 0 saturated carbocycles. The maximum atomic E-state index is 14.3. The quantitative estimate of drug-likeness (QED) is 0.676. The third-order valence-electron chi connectivity index (χ3n) is 6.00. The molecule has 0 atom stereocenters. The number of hydrogen-bond acceptors (Lipinski definition) is 3. The third kappa shape index (κ3) is 4.85. The van der Waals surface area contributed by atoms with Gasteiger partial charge in [-0.15, -0.1) is 0 Å². The normalized spacial score (nSPS) is 15.4. The molecule has 1 N–H and O–H groups in total. The largest absolute Gasteiger partial charge is 0.334 e. The molecular weight excluding hydrogens is 400 g/mol. The summed E-state index contributed by atoms with van der Waals surface area (Å²) in [5.74, 6) is -1.25. The van der Waals surface area contributed by atoms with Crippen molar-refractivity contribution < 1.29 is 13.6 Å². The first-order valence-corrected chi connectivity index (χ1v) is 10.5. The van der Waals surface area contributed by atoms with Crippen molar-refractivity contribution in [1.82, 2.24) is 24.9 Å². The van der Waals surface area contributed by atoms with Gasteiger partial charge in [0.2, 0.25) is 0 Å². The monoisotopic (exact) mass is 427 g/mol. The molecule has 31 heavy (non-hydrogen) atoms. The summed E-state index contributed by atoms with van der Waals surface area (Å²) in [7, 11) is 3.94. The molecule has 164 valence electrons. The molecule has 2 heterocycles. The molecule has 2 aromatic carbocycles. The van der Waals surface area contributed by atoms with Crippen LogP contribution in [-0.4, -0.2) is 51.8 Å². The van der Waals surface area contributed by atoms with Gasteiger partial charge in [0.25, 0.3) is 0 Å². The molecule has 8 heteroatoms. The molecule has 1 saturated heterocycles. The number of rotatable bonds is 5. The number of urea groups is 1. The van der Waals surface area contributed by atoms with Crippen molar-refractivity contribution in [2.75, 3.05) is 20.1 Å². The van der Waals surface area contributed by atoms with E-state index >= 15 is 0 Å². The van der Waals surface area contributed by atoms with Gasteiger partial charge in [-0.25, -0.2) is 13.6 Å². The molecule has 0 bridgehead atoms. The highest BCUT2D eigenvalue weighted by Gasteiger charge is 2.27. The van der Waals surface area contributed by atoms with Crippen LogP contribution in [0.4, 0.5) is 13.6 Å². The first-order chi connectivity index (χ1) is 14.9. The number of amides is 2. The van der Waals surface area contributed by atoms with Crippen LogP contribution in [0.2, 0.25) is 0 Å². The molecule has 0 radical (unpaired) electrons. The molecule has 0 unspecified atom stereocenters. The van der Waals surface area contributed by atoms with Crippen LogP contribution in [0.15, 0.2) is 42.6 Å². The van der Waals surface area contributed by atoms with E-state index in [0.29, 0.717) is 12.1 Å². The van der Waals surface area contributed by atoms with Crippen LogP contribution < -0.4 is 5.32 Å². The van der Waals surface area contributed by atoms with E-state index < -0.39 is 11.6 Å². The zero-order valence-corrected chi connectivity index (χ0v) is 17.8. The number of carbonyl (C=O) groups excluding carboxylic acids is 1. The predicted octanol–water partition coefficient (Wildman–Crippen LogP) is 3.66. The first-order valence-electron chi connectivity index (χ1n) is 10.5. The average molecular weight is 427 g/mol. The lowest BCUT2D eigenvalue weighted by molar-refractivity contribution is 0.126.